The number of nitrogens with zero attached hydrogens (tertiary/aromatic N) is 1. The minimum atomic E-state index is -4.22. The molecule has 1 fully saturated rings. The Morgan fingerprint density at radius 3 is 2.50 bits per heavy atom. The van der Waals surface area contributed by atoms with E-state index in [2.05, 4.69) is 4.90 Å². The van der Waals surface area contributed by atoms with E-state index in [1.54, 1.807) is 12.1 Å². The fourth-order valence-electron chi connectivity index (χ4n) is 2.57. The number of hydrogen-bond acceptors (Lipinski definition) is 3. The third kappa shape index (κ3) is 4.68. The number of alkyl halides is 3. The topological polar surface area (TPSA) is 29.3 Å². The third-order valence-electron chi connectivity index (χ3n) is 3.56. The molecule has 112 valence electrons. The molecule has 2 nitrogen and oxygen atoms in total. The summed E-state index contributed by atoms with van der Waals surface area (Å²) in [7, 11) is 0. The second-order valence-corrected chi connectivity index (χ2v) is 6.19. The second-order valence-electron chi connectivity index (χ2n) is 5.05. The lowest BCUT2D eigenvalue weighted by Gasteiger charge is -2.35. The van der Waals surface area contributed by atoms with Crippen LogP contribution in [-0.2, 0) is 6.54 Å². The molecule has 1 atom stereocenters. The van der Waals surface area contributed by atoms with Crippen LogP contribution in [0.4, 0.5) is 13.2 Å². The Bertz CT molecular complexity index is 419. The molecular weight excluding hydrogens is 285 g/mol. The van der Waals surface area contributed by atoms with Crippen molar-refractivity contribution < 1.29 is 13.2 Å². The number of rotatable bonds is 4. The SMILES string of the molecule is NCC1CCCCN1Cc1ccc(SC(F)(F)F)cc1. The molecule has 0 spiro atoms. The molecule has 20 heavy (non-hydrogen) atoms. The van der Waals surface area contributed by atoms with E-state index < -0.39 is 5.51 Å². The van der Waals surface area contributed by atoms with Crippen LogP contribution in [0.5, 0.6) is 0 Å². The fraction of sp³-hybridized carbons (Fsp3) is 0.571. The molecule has 1 aliphatic rings. The molecule has 0 radical (unpaired) electrons. The van der Waals surface area contributed by atoms with Crippen molar-refractivity contribution in [3.63, 3.8) is 0 Å². The molecule has 1 aromatic rings. The standard InChI is InChI=1S/C14H19F3N2S/c15-14(16,17)20-13-6-4-11(5-7-13)10-19-8-2-1-3-12(19)9-18/h4-7,12H,1-3,8-10,18H2. The van der Waals surface area contributed by atoms with Gasteiger partial charge in [-0.25, -0.2) is 0 Å². The van der Waals surface area contributed by atoms with Crippen LogP contribution in [0.1, 0.15) is 24.8 Å². The minimum Gasteiger partial charge on any atom is -0.329 e. The quantitative estimate of drug-likeness (QED) is 0.862. The molecule has 1 aromatic carbocycles. The maximum Gasteiger partial charge on any atom is 0.446 e. The van der Waals surface area contributed by atoms with E-state index >= 15 is 0 Å². The zero-order valence-corrected chi connectivity index (χ0v) is 12.0. The zero-order chi connectivity index (χ0) is 14.6. The zero-order valence-electron chi connectivity index (χ0n) is 11.2. The molecule has 2 N–H and O–H groups in total. The third-order valence-corrected chi connectivity index (χ3v) is 4.30. The van der Waals surface area contributed by atoms with Gasteiger partial charge in [0, 0.05) is 24.0 Å². The van der Waals surface area contributed by atoms with Gasteiger partial charge >= 0.3 is 5.51 Å². The van der Waals surface area contributed by atoms with E-state index in [0.717, 1.165) is 25.1 Å². The molecule has 1 unspecified atom stereocenters. The van der Waals surface area contributed by atoms with Gasteiger partial charge in [-0.3, -0.25) is 4.90 Å². The van der Waals surface area contributed by atoms with E-state index in [-0.39, 0.29) is 16.7 Å². The molecule has 0 bridgehead atoms. The van der Waals surface area contributed by atoms with Gasteiger partial charge < -0.3 is 5.73 Å². The highest BCUT2D eigenvalue weighted by atomic mass is 32.2. The van der Waals surface area contributed by atoms with Crippen molar-refractivity contribution in [3.05, 3.63) is 29.8 Å². The van der Waals surface area contributed by atoms with E-state index in [0.29, 0.717) is 12.6 Å². The summed E-state index contributed by atoms with van der Waals surface area (Å²) in [4.78, 5) is 2.56. The number of likely N-dealkylation sites (tertiary alicyclic amines) is 1. The van der Waals surface area contributed by atoms with Crippen LogP contribution in [0.3, 0.4) is 0 Å². The average molecular weight is 304 g/mol. The number of halogens is 3. The summed E-state index contributed by atoms with van der Waals surface area (Å²) < 4.78 is 36.8. The van der Waals surface area contributed by atoms with Crippen molar-refractivity contribution in [1.29, 1.82) is 0 Å². The first-order valence-electron chi connectivity index (χ1n) is 6.77. The summed E-state index contributed by atoms with van der Waals surface area (Å²) in [5.41, 5.74) is 2.59. The van der Waals surface area contributed by atoms with Crippen LogP contribution in [0.25, 0.3) is 0 Å². The first-order valence-corrected chi connectivity index (χ1v) is 7.58. The van der Waals surface area contributed by atoms with E-state index in [9.17, 15) is 13.2 Å². The van der Waals surface area contributed by atoms with E-state index in [4.69, 9.17) is 5.73 Å². The average Bonchev–Trinajstić information content (AvgIpc) is 2.40. The lowest BCUT2D eigenvalue weighted by molar-refractivity contribution is -0.0328. The highest BCUT2D eigenvalue weighted by Crippen LogP contribution is 2.36. The van der Waals surface area contributed by atoms with Crippen molar-refractivity contribution in [2.24, 2.45) is 5.73 Å². The number of hydrogen-bond donors (Lipinski definition) is 1. The molecular formula is C14H19F3N2S. The molecule has 0 saturated carbocycles. The smallest absolute Gasteiger partial charge is 0.329 e. The fourth-order valence-corrected chi connectivity index (χ4v) is 3.11. The predicted molar refractivity (Wildman–Crippen MR) is 75.5 cm³/mol. The highest BCUT2D eigenvalue weighted by molar-refractivity contribution is 8.00. The van der Waals surface area contributed by atoms with Crippen molar-refractivity contribution in [3.8, 4) is 0 Å². The van der Waals surface area contributed by atoms with Gasteiger partial charge in [0.15, 0.2) is 0 Å². The van der Waals surface area contributed by atoms with Gasteiger partial charge in [0.05, 0.1) is 0 Å². The number of nitrogens with two attached hydrogens (primary N) is 1. The largest absolute Gasteiger partial charge is 0.446 e. The first kappa shape index (κ1) is 15.7. The van der Waals surface area contributed by atoms with Gasteiger partial charge in [0.1, 0.15) is 0 Å². The minimum absolute atomic E-state index is 0.0730. The second kappa shape index (κ2) is 6.83. The summed E-state index contributed by atoms with van der Waals surface area (Å²) in [6.07, 6.45) is 3.48. The Hall–Kier alpha value is -0.720. The van der Waals surface area contributed by atoms with Crippen molar-refractivity contribution >= 4 is 11.8 Å². The molecule has 1 saturated heterocycles. The predicted octanol–water partition coefficient (Wildman–Crippen LogP) is 3.61. The van der Waals surface area contributed by atoms with Gasteiger partial charge in [0.25, 0.3) is 0 Å². The van der Waals surface area contributed by atoms with Gasteiger partial charge in [-0.2, -0.15) is 13.2 Å². The molecule has 0 aromatic heterocycles. The van der Waals surface area contributed by atoms with Crippen LogP contribution in [0.15, 0.2) is 29.2 Å². The van der Waals surface area contributed by atoms with Crippen LogP contribution in [0.2, 0.25) is 0 Å². The van der Waals surface area contributed by atoms with E-state index in [1.165, 1.54) is 25.0 Å². The summed E-state index contributed by atoms with van der Waals surface area (Å²) in [5.74, 6) is 0. The maximum atomic E-state index is 12.3. The molecule has 1 heterocycles. The lowest BCUT2D eigenvalue weighted by atomic mass is 10.0. The summed E-state index contributed by atoms with van der Waals surface area (Å²) in [5, 5.41) is 0. The molecule has 0 amide bonds. The molecule has 0 aliphatic carbocycles. The van der Waals surface area contributed by atoms with Crippen LogP contribution in [-0.4, -0.2) is 29.5 Å². The van der Waals surface area contributed by atoms with Gasteiger partial charge in [-0.05, 0) is 48.8 Å². The number of piperidine rings is 1. The first-order chi connectivity index (χ1) is 9.48. The van der Waals surface area contributed by atoms with Gasteiger partial charge in [-0.1, -0.05) is 18.6 Å². The Labute approximate surface area is 121 Å². The number of thioether (sulfide) groups is 1. The van der Waals surface area contributed by atoms with Crippen molar-refractivity contribution in [1.82, 2.24) is 4.90 Å². The van der Waals surface area contributed by atoms with Crippen LogP contribution < -0.4 is 5.73 Å². The van der Waals surface area contributed by atoms with Gasteiger partial charge in [-0.15, -0.1) is 0 Å². The monoisotopic (exact) mass is 304 g/mol. The van der Waals surface area contributed by atoms with Gasteiger partial charge in [0.2, 0.25) is 0 Å². The lowest BCUT2D eigenvalue weighted by Crippen LogP contribution is -2.43. The Morgan fingerprint density at radius 2 is 1.90 bits per heavy atom. The Balaban J connectivity index is 1.96. The maximum absolute atomic E-state index is 12.3. The summed E-state index contributed by atoms with van der Waals surface area (Å²) in [6, 6.07) is 7.02. The van der Waals surface area contributed by atoms with Crippen molar-refractivity contribution in [2.75, 3.05) is 13.1 Å². The molecule has 6 heteroatoms. The molecule has 1 aliphatic heterocycles. The number of benzene rings is 1. The van der Waals surface area contributed by atoms with Crippen LogP contribution >= 0.6 is 11.8 Å². The summed E-state index contributed by atoms with van der Waals surface area (Å²) in [6.45, 7) is 2.42. The molecule has 2 rings (SSSR count). The Morgan fingerprint density at radius 1 is 1.20 bits per heavy atom. The normalized spacial score (nSPS) is 21.1. The highest BCUT2D eigenvalue weighted by Gasteiger charge is 2.29. The van der Waals surface area contributed by atoms with Crippen molar-refractivity contribution in [2.45, 2.75) is 42.3 Å². The Kier molecular flexibility index (Phi) is 5.35. The van der Waals surface area contributed by atoms with Crippen LogP contribution in [0, 0.1) is 0 Å². The van der Waals surface area contributed by atoms with E-state index in [1.807, 2.05) is 0 Å². The summed E-state index contributed by atoms with van der Waals surface area (Å²) >= 11 is -0.0730.